The van der Waals surface area contributed by atoms with Crippen LogP contribution in [0.15, 0.2) is 88.1 Å². The summed E-state index contributed by atoms with van der Waals surface area (Å²) in [5.41, 5.74) is 1.34. The van der Waals surface area contributed by atoms with Gasteiger partial charge in [0.25, 0.3) is 10.0 Å². The Labute approximate surface area is 213 Å². The number of carbonyl (C=O) groups is 1. The summed E-state index contributed by atoms with van der Waals surface area (Å²) in [5, 5.41) is 2.83. The van der Waals surface area contributed by atoms with Crippen LogP contribution >= 0.6 is 23.1 Å². The van der Waals surface area contributed by atoms with Crippen molar-refractivity contribution in [1.82, 2.24) is 10.3 Å². The van der Waals surface area contributed by atoms with Crippen molar-refractivity contribution in [3.05, 3.63) is 78.9 Å². The van der Waals surface area contributed by atoms with E-state index in [2.05, 4.69) is 10.3 Å². The smallest absolute Gasteiger partial charge is 0.264 e. The molecule has 1 amide bonds. The second-order valence-electron chi connectivity index (χ2n) is 7.40. The van der Waals surface area contributed by atoms with E-state index in [-0.39, 0.29) is 17.3 Å². The lowest BCUT2D eigenvalue weighted by Gasteiger charge is -2.24. The van der Waals surface area contributed by atoms with Crippen molar-refractivity contribution in [2.75, 3.05) is 29.8 Å². The van der Waals surface area contributed by atoms with Crippen LogP contribution in [0.2, 0.25) is 0 Å². The van der Waals surface area contributed by atoms with Crippen LogP contribution in [0.5, 0.6) is 5.75 Å². The largest absolute Gasteiger partial charge is 0.494 e. The van der Waals surface area contributed by atoms with Gasteiger partial charge in [-0.2, -0.15) is 0 Å². The maximum atomic E-state index is 13.4. The highest BCUT2D eigenvalue weighted by Crippen LogP contribution is 2.29. The van der Waals surface area contributed by atoms with Crippen molar-refractivity contribution in [2.24, 2.45) is 0 Å². The quantitative estimate of drug-likeness (QED) is 0.223. The molecule has 0 bridgehead atoms. The van der Waals surface area contributed by atoms with Crippen LogP contribution in [-0.4, -0.2) is 44.8 Å². The molecule has 35 heavy (non-hydrogen) atoms. The summed E-state index contributed by atoms with van der Waals surface area (Å²) in [6, 6.07) is 22.7. The van der Waals surface area contributed by atoms with E-state index in [1.807, 2.05) is 31.2 Å². The Morgan fingerprint density at radius 3 is 2.46 bits per heavy atom. The lowest BCUT2D eigenvalue weighted by molar-refractivity contribution is -0.119. The fraction of sp³-hybridized carbons (Fsp3) is 0.200. The van der Waals surface area contributed by atoms with Crippen LogP contribution in [-0.2, 0) is 14.8 Å². The van der Waals surface area contributed by atoms with Gasteiger partial charge in [-0.25, -0.2) is 13.4 Å². The number of hydrogen-bond acceptors (Lipinski definition) is 7. The van der Waals surface area contributed by atoms with Crippen molar-refractivity contribution in [3.63, 3.8) is 0 Å². The minimum Gasteiger partial charge on any atom is -0.494 e. The molecule has 0 aliphatic heterocycles. The number of nitrogens with zero attached hydrogens (tertiary/aromatic N) is 2. The van der Waals surface area contributed by atoms with Gasteiger partial charge in [0.05, 0.1) is 27.4 Å². The summed E-state index contributed by atoms with van der Waals surface area (Å²) in [7, 11) is -3.94. The number of anilines is 1. The van der Waals surface area contributed by atoms with Crippen LogP contribution in [0.25, 0.3) is 10.2 Å². The Morgan fingerprint density at radius 2 is 1.74 bits per heavy atom. The summed E-state index contributed by atoms with van der Waals surface area (Å²) in [5.74, 6) is 0.868. The molecule has 1 aromatic heterocycles. The van der Waals surface area contributed by atoms with E-state index < -0.39 is 10.0 Å². The molecular weight excluding hydrogens is 502 g/mol. The maximum absolute atomic E-state index is 13.4. The molecule has 0 spiro atoms. The molecule has 4 aromatic rings. The Hall–Kier alpha value is -3.08. The van der Waals surface area contributed by atoms with Crippen LogP contribution in [0.3, 0.4) is 0 Å². The van der Waals surface area contributed by atoms with E-state index in [9.17, 15) is 13.2 Å². The van der Waals surface area contributed by atoms with Crippen molar-refractivity contribution < 1.29 is 17.9 Å². The van der Waals surface area contributed by atoms with Gasteiger partial charge in [0.2, 0.25) is 5.91 Å². The molecule has 7 nitrogen and oxygen atoms in total. The number of para-hydroxylation sites is 1. The van der Waals surface area contributed by atoms with E-state index >= 15 is 0 Å². The lowest BCUT2D eigenvalue weighted by Crippen LogP contribution is -2.41. The average Bonchev–Trinajstić information content (AvgIpc) is 3.29. The number of nitrogens with one attached hydrogen (secondary N) is 1. The maximum Gasteiger partial charge on any atom is 0.264 e. The van der Waals surface area contributed by atoms with Gasteiger partial charge in [0.1, 0.15) is 12.3 Å². The second-order valence-corrected chi connectivity index (χ2v) is 11.6. The number of thiazole rings is 1. The minimum absolute atomic E-state index is 0.119. The number of thioether (sulfide) groups is 1. The molecule has 0 fully saturated rings. The Kier molecular flexibility index (Phi) is 8.27. The first-order valence-corrected chi connectivity index (χ1v) is 14.3. The summed E-state index contributed by atoms with van der Waals surface area (Å²) in [6.07, 6.45) is 0. The Bertz CT molecular complexity index is 1340. The first-order valence-electron chi connectivity index (χ1n) is 11.0. The molecule has 0 unspecified atom stereocenters. The molecule has 0 saturated heterocycles. The van der Waals surface area contributed by atoms with Gasteiger partial charge in [-0.05, 0) is 55.5 Å². The third-order valence-electron chi connectivity index (χ3n) is 4.98. The number of hydrogen-bond donors (Lipinski definition) is 1. The number of ether oxygens (including phenoxy) is 1. The highest BCUT2D eigenvalue weighted by Gasteiger charge is 2.27. The van der Waals surface area contributed by atoms with Crippen LogP contribution in [0.4, 0.5) is 5.69 Å². The van der Waals surface area contributed by atoms with Crippen molar-refractivity contribution >= 4 is 54.9 Å². The molecule has 4 rings (SSSR count). The minimum atomic E-state index is -3.94. The topological polar surface area (TPSA) is 88.6 Å². The highest BCUT2D eigenvalue weighted by atomic mass is 32.2. The van der Waals surface area contributed by atoms with Crippen LogP contribution in [0, 0.1) is 0 Å². The van der Waals surface area contributed by atoms with Gasteiger partial charge >= 0.3 is 0 Å². The zero-order valence-corrected chi connectivity index (χ0v) is 21.5. The van der Waals surface area contributed by atoms with E-state index in [0.717, 1.165) is 18.9 Å². The van der Waals surface area contributed by atoms with Gasteiger partial charge in [0, 0.05) is 12.3 Å². The van der Waals surface area contributed by atoms with E-state index in [0.29, 0.717) is 30.3 Å². The predicted octanol–water partition coefficient (Wildman–Crippen LogP) is 4.80. The molecule has 182 valence electrons. The first kappa shape index (κ1) is 25.0. The fourth-order valence-electron chi connectivity index (χ4n) is 3.34. The van der Waals surface area contributed by atoms with Crippen LogP contribution < -0.4 is 14.4 Å². The summed E-state index contributed by atoms with van der Waals surface area (Å²) < 4.78 is 35.4. The molecule has 1 N–H and O–H groups in total. The number of aromatic nitrogens is 1. The summed E-state index contributed by atoms with van der Waals surface area (Å²) in [6.45, 7) is 2.43. The molecule has 0 atom stereocenters. The van der Waals surface area contributed by atoms with Crippen LogP contribution in [0.1, 0.15) is 6.92 Å². The zero-order valence-electron chi connectivity index (χ0n) is 19.1. The molecule has 0 aliphatic carbocycles. The molecule has 1 heterocycles. The molecule has 0 radical (unpaired) electrons. The van der Waals surface area contributed by atoms with Crippen molar-refractivity contribution in [2.45, 2.75) is 16.2 Å². The SMILES string of the molecule is CCOc1ccc(N(CC(=O)NCCSc2nc3ccccc3s2)S(=O)(=O)c2ccccc2)cc1. The third-order valence-corrected chi connectivity index (χ3v) is 8.95. The molecular formula is C25H25N3O4S3. The highest BCUT2D eigenvalue weighted by molar-refractivity contribution is 8.01. The molecule has 0 aliphatic rings. The number of amides is 1. The second kappa shape index (κ2) is 11.6. The number of rotatable bonds is 11. The standard InChI is InChI=1S/C25H25N3O4S3/c1-2-32-20-14-12-19(13-15-20)28(35(30,31)21-8-4-3-5-9-21)18-24(29)26-16-17-33-25-27-22-10-6-7-11-23(22)34-25/h3-15H,2,16-18H2,1H3,(H,26,29). The van der Waals surface area contributed by atoms with Crippen molar-refractivity contribution in [3.8, 4) is 5.75 Å². The van der Waals surface area contributed by atoms with Gasteiger partial charge in [-0.3, -0.25) is 9.10 Å². The van der Waals surface area contributed by atoms with Crippen molar-refractivity contribution in [1.29, 1.82) is 0 Å². The lowest BCUT2D eigenvalue weighted by atomic mass is 10.3. The molecule has 10 heteroatoms. The first-order chi connectivity index (χ1) is 17.0. The van der Waals surface area contributed by atoms with Gasteiger partial charge < -0.3 is 10.1 Å². The van der Waals surface area contributed by atoms with Gasteiger partial charge in [-0.15, -0.1) is 11.3 Å². The molecule has 3 aromatic carbocycles. The number of carbonyl (C=O) groups excluding carboxylic acids is 1. The third kappa shape index (κ3) is 6.33. The van der Waals surface area contributed by atoms with E-state index in [1.165, 1.54) is 12.1 Å². The summed E-state index contributed by atoms with van der Waals surface area (Å²) >= 11 is 3.17. The number of fused-ring (bicyclic) bond motifs is 1. The van der Waals surface area contributed by atoms with E-state index in [1.54, 1.807) is 65.6 Å². The van der Waals surface area contributed by atoms with Gasteiger partial charge in [-0.1, -0.05) is 42.1 Å². The zero-order chi connectivity index (χ0) is 24.7. The number of benzene rings is 3. The fourth-order valence-corrected chi connectivity index (χ4v) is 6.77. The summed E-state index contributed by atoms with van der Waals surface area (Å²) in [4.78, 5) is 17.5. The van der Waals surface area contributed by atoms with E-state index in [4.69, 9.17) is 4.74 Å². The Balaban J connectivity index is 1.42. The average molecular weight is 528 g/mol. The van der Waals surface area contributed by atoms with Gasteiger partial charge in [0.15, 0.2) is 4.34 Å². The molecule has 0 saturated carbocycles. The predicted molar refractivity (Wildman–Crippen MR) is 142 cm³/mol. The number of sulfonamides is 1. The normalized spacial score (nSPS) is 11.3. The monoisotopic (exact) mass is 527 g/mol. The Morgan fingerprint density at radius 1 is 1.03 bits per heavy atom.